The van der Waals surface area contributed by atoms with Crippen molar-refractivity contribution in [1.82, 2.24) is 10.2 Å². The number of nitrogens with one attached hydrogen (secondary N) is 2. The van der Waals surface area contributed by atoms with Gasteiger partial charge in [-0.15, -0.1) is 0 Å². The maximum atomic E-state index is 12.5. The lowest BCUT2D eigenvalue weighted by Gasteiger charge is -2.33. The number of benzene rings is 1. The molecule has 1 aromatic rings. The van der Waals surface area contributed by atoms with E-state index in [0.29, 0.717) is 43.1 Å². The van der Waals surface area contributed by atoms with Crippen molar-refractivity contribution in [2.75, 3.05) is 23.6 Å². The first-order chi connectivity index (χ1) is 13.2. The molecule has 0 unspecified atom stereocenters. The molecule has 2 N–H and O–H groups in total. The molecule has 28 heavy (non-hydrogen) atoms. The molecule has 1 aliphatic heterocycles. The van der Waals surface area contributed by atoms with Crippen molar-refractivity contribution in [2.24, 2.45) is 5.92 Å². The maximum absolute atomic E-state index is 12.5. The molecule has 1 aromatic carbocycles. The highest BCUT2D eigenvalue weighted by molar-refractivity contribution is 7.92. The van der Waals surface area contributed by atoms with Crippen LogP contribution in [0.15, 0.2) is 24.3 Å². The highest BCUT2D eigenvalue weighted by Crippen LogP contribution is 2.16. The van der Waals surface area contributed by atoms with Crippen LogP contribution in [0.4, 0.5) is 5.69 Å². The van der Waals surface area contributed by atoms with E-state index in [4.69, 9.17) is 0 Å². The van der Waals surface area contributed by atoms with Gasteiger partial charge in [-0.2, -0.15) is 0 Å². The zero-order valence-corrected chi connectivity index (χ0v) is 17.7. The van der Waals surface area contributed by atoms with Gasteiger partial charge >= 0.3 is 0 Å². The van der Waals surface area contributed by atoms with Gasteiger partial charge in [0.05, 0.1) is 5.75 Å². The molecule has 1 aliphatic rings. The Balaban J connectivity index is 1.90. The Morgan fingerprint density at radius 2 is 1.89 bits per heavy atom. The van der Waals surface area contributed by atoms with Crippen LogP contribution < -0.4 is 10.0 Å². The minimum Gasteiger partial charge on any atom is -0.349 e. The largest absolute Gasteiger partial charge is 0.349 e. The Kier molecular flexibility index (Phi) is 7.86. The molecule has 0 radical (unpaired) electrons. The number of carbonyl (C=O) groups is 2. The minimum atomic E-state index is -3.40. The summed E-state index contributed by atoms with van der Waals surface area (Å²) >= 11 is 0. The Bertz CT molecular complexity index is 784. The van der Waals surface area contributed by atoms with E-state index in [1.807, 2.05) is 18.7 Å². The van der Waals surface area contributed by atoms with Crippen LogP contribution in [-0.4, -0.2) is 50.0 Å². The van der Waals surface area contributed by atoms with E-state index in [2.05, 4.69) is 10.0 Å². The molecular weight excluding hydrogens is 378 g/mol. The first-order valence-corrected chi connectivity index (χ1v) is 11.5. The lowest BCUT2D eigenvalue weighted by atomic mass is 10.0. The zero-order valence-electron chi connectivity index (χ0n) is 16.9. The molecule has 1 fully saturated rings. The van der Waals surface area contributed by atoms with Gasteiger partial charge < -0.3 is 10.2 Å². The minimum absolute atomic E-state index is 0.0102. The molecule has 0 aliphatic carbocycles. The molecule has 7 nitrogen and oxygen atoms in total. The van der Waals surface area contributed by atoms with Crippen molar-refractivity contribution >= 4 is 27.5 Å². The van der Waals surface area contributed by atoms with Gasteiger partial charge in [-0.25, -0.2) is 8.42 Å². The average Bonchev–Trinajstić information content (AvgIpc) is 2.61. The maximum Gasteiger partial charge on any atom is 0.251 e. The van der Waals surface area contributed by atoms with E-state index in [9.17, 15) is 18.0 Å². The molecule has 0 spiro atoms. The molecule has 1 heterocycles. The summed E-state index contributed by atoms with van der Waals surface area (Å²) < 4.78 is 26.3. The van der Waals surface area contributed by atoms with Crippen molar-refractivity contribution < 1.29 is 18.0 Å². The third-order valence-electron chi connectivity index (χ3n) is 4.64. The second kappa shape index (κ2) is 9.91. The lowest BCUT2D eigenvalue weighted by Crippen LogP contribution is -2.46. The zero-order chi connectivity index (χ0) is 20.7. The molecule has 2 rings (SSSR count). The van der Waals surface area contributed by atoms with E-state index >= 15 is 0 Å². The molecule has 0 saturated carbocycles. The van der Waals surface area contributed by atoms with E-state index in [1.54, 1.807) is 31.2 Å². The highest BCUT2D eigenvalue weighted by Gasteiger charge is 2.24. The third kappa shape index (κ3) is 6.82. The smallest absolute Gasteiger partial charge is 0.251 e. The van der Waals surface area contributed by atoms with Crippen LogP contribution in [0.25, 0.3) is 0 Å². The monoisotopic (exact) mass is 409 g/mol. The number of sulfonamides is 1. The molecule has 2 amide bonds. The van der Waals surface area contributed by atoms with Crippen molar-refractivity contribution in [3.05, 3.63) is 29.8 Å². The third-order valence-corrected chi connectivity index (χ3v) is 6.13. The Morgan fingerprint density at radius 1 is 1.21 bits per heavy atom. The Morgan fingerprint density at radius 3 is 2.50 bits per heavy atom. The first kappa shape index (κ1) is 22.2. The number of amides is 2. The predicted molar refractivity (Wildman–Crippen MR) is 111 cm³/mol. The lowest BCUT2D eigenvalue weighted by molar-refractivity contribution is -0.133. The van der Waals surface area contributed by atoms with Crippen molar-refractivity contribution in [3.8, 4) is 0 Å². The quantitative estimate of drug-likeness (QED) is 0.690. The summed E-state index contributed by atoms with van der Waals surface area (Å²) in [5.74, 6) is 0.319. The van der Waals surface area contributed by atoms with Gasteiger partial charge in [0.2, 0.25) is 15.9 Å². The Labute approximate surface area is 167 Å². The van der Waals surface area contributed by atoms with Gasteiger partial charge in [0.25, 0.3) is 5.91 Å². The fourth-order valence-corrected chi connectivity index (χ4v) is 4.37. The summed E-state index contributed by atoms with van der Waals surface area (Å²) in [4.78, 5) is 26.6. The second-order valence-corrected chi connectivity index (χ2v) is 9.57. The summed E-state index contributed by atoms with van der Waals surface area (Å²) in [7, 11) is -3.40. The SMILES string of the molecule is CCCS(=O)(=O)Nc1cccc(C(=O)NC2CCN(C(=O)CC(C)C)CC2)c1. The van der Waals surface area contributed by atoms with E-state index < -0.39 is 10.0 Å². The van der Waals surface area contributed by atoms with E-state index in [1.165, 1.54) is 0 Å². The summed E-state index contributed by atoms with van der Waals surface area (Å²) in [6, 6.07) is 6.50. The summed E-state index contributed by atoms with van der Waals surface area (Å²) in [5.41, 5.74) is 0.796. The van der Waals surface area contributed by atoms with Crippen molar-refractivity contribution in [2.45, 2.75) is 52.5 Å². The number of likely N-dealkylation sites (tertiary alicyclic amines) is 1. The van der Waals surface area contributed by atoms with Gasteiger partial charge in [-0.1, -0.05) is 26.8 Å². The van der Waals surface area contributed by atoms with Crippen LogP contribution in [0.2, 0.25) is 0 Å². The van der Waals surface area contributed by atoms with Crippen molar-refractivity contribution in [1.29, 1.82) is 0 Å². The Hall–Kier alpha value is -2.09. The fourth-order valence-electron chi connectivity index (χ4n) is 3.24. The standard InChI is InChI=1S/C20H31N3O4S/c1-4-12-28(26,27)22-18-7-5-6-16(14-18)20(25)21-17-8-10-23(11-9-17)19(24)13-15(2)3/h5-7,14-15,17,22H,4,8-13H2,1-3H3,(H,21,25). The molecule has 0 atom stereocenters. The highest BCUT2D eigenvalue weighted by atomic mass is 32.2. The number of nitrogens with zero attached hydrogens (tertiary/aromatic N) is 1. The number of carbonyl (C=O) groups excluding carboxylic acids is 2. The number of piperidine rings is 1. The molecule has 8 heteroatoms. The van der Waals surface area contributed by atoms with Gasteiger partial charge in [-0.3, -0.25) is 14.3 Å². The normalized spacial score (nSPS) is 15.5. The number of rotatable bonds is 8. The fraction of sp³-hybridized carbons (Fsp3) is 0.600. The number of hydrogen-bond acceptors (Lipinski definition) is 4. The van der Waals surface area contributed by atoms with Crippen LogP contribution in [0.5, 0.6) is 0 Å². The molecule has 1 saturated heterocycles. The van der Waals surface area contributed by atoms with E-state index in [-0.39, 0.29) is 23.6 Å². The summed E-state index contributed by atoms with van der Waals surface area (Å²) in [5, 5.41) is 3.00. The molecule has 156 valence electrons. The number of anilines is 1. The van der Waals surface area contributed by atoms with Crippen LogP contribution in [0.3, 0.4) is 0 Å². The molecule has 0 aromatic heterocycles. The summed E-state index contributed by atoms with van der Waals surface area (Å²) in [6.45, 7) is 7.15. The average molecular weight is 410 g/mol. The van der Waals surface area contributed by atoms with Gasteiger partial charge in [0.15, 0.2) is 0 Å². The topological polar surface area (TPSA) is 95.6 Å². The van der Waals surface area contributed by atoms with Crippen LogP contribution in [0.1, 0.15) is 56.8 Å². The van der Waals surface area contributed by atoms with E-state index in [0.717, 1.165) is 12.8 Å². The van der Waals surface area contributed by atoms with Gasteiger partial charge in [0.1, 0.15) is 0 Å². The summed E-state index contributed by atoms with van der Waals surface area (Å²) in [6.07, 6.45) is 2.52. The van der Waals surface area contributed by atoms with Gasteiger partial charge in [0, 0.05) is 36.8 Å². The second-order valence-electron chi connectivity index (χ2n) is 7.73. The van der Waals surface area contributed by atoms with Crippen molar-refractivity contribution in [3.63, 3.8) is 0 Å². The number of hydrogen-bond donors (Lipinski definition) is 2. The van der Waals surface area contributed by atoms with Crippen LogP contribution in [-0.2, 0) is 14.8 Å². The van der Waals surface area contributed by atoms with Gasteiger partial charge in [-0.05, 0) is 43.4 Å². The first-order valence-electron chi connectivity index (χ1n) is 9.89. The molecule has 0 bridgehead atoms. The predicted octanol–water partition coefficient (Wildman–Crippen LogP) is 2.61. The molecular formula is C20H31N3O4S. The van der Waals surface area contributed by atoms with Crippen LogP contribution >= 0.6 is 0 Å². The van der Waals surface area contributed by atoms with Crippen LogP contribution in [0, 0.1) is 5.92 Å².